The van der Waals surface area contributed by atoms with Gasteiger partial charge in [0, 0.05) is 13.1 Å². The molecule has 1 aromatic carbocycles. The Morgan fingerprint density at radius 3 is 2.50 bits per heavy atom. The molecule has 1 aliphatic heterocycles. The zero-order chi connectivity index (χ0) is 19.3. The maximum absolute atomic E-state index is 12.7. The van der Waals surface area contributed by atoms with Gasteiger partial charge >= 0.3 is 5.97 Å². The van der Waals surface area contributed by atoms with Crippen LogP contribution in [0.2, 0.25) is 0 Å². The second-order valence-electron chi connectivity index (χ2n) is 7.01. The van der Waals surface area contributed by atoms with Crippen molar-refractivity contribution >= 4 is 21.9 Å². The van der Waals surface area contributed by atoms with Crippen molar-refractivity contribution in [1.29, 1.82) is 0 Å². The van der Waals surface area contributed by atoms with Crippen molar-refractivity contribution in [3.05, 3.63) is 35.9 Å². The smallest absolute Gasteiger partial charge is 0.326 e. The zero-order valence-corrected chi connectivity index (χ0v) is 15.9. The van der Waals surface area contributed by atoms with Gasteiger partial charge in [0.15, 0.2) is 0 Å². The van der Waals surface area contributed by atoms with Gasteiger partial charge in [-0.3, -0.25) is 4.79 Å². The maximum atomic E-state index is 12.7. The summed E-state index contributed by atoms with van der Waals surface area (Å²) >= 11 is 0. The quantitative estimate of drug-likeness (QED) is 0.743. The number of nitrogens with one attached hydrogen (secondary N) is 1. The molecule has 1 aromatic rings. The largest absolute Gasteiger partial charge is 0.480 e. The molecule has 0 radical (unpaired) electrons. The van der Waals surface area contributed by atoms with Crippen LogP contribution in [0.3, 0.4) is 0 Å². The summed E-state index contributed by atoms with van der Waals surface area (Å²) in [4.78, 5) is 23.7. The van der Waals surface area contributed by atoms with E-state index in [2.05, 4.69) is 5.32 Å². The summed E-state index contributed by atoms with van der Waals surface area (Å²) in [6.07, 6.45) is 1.12. The summed E-state index contributed by atoms with van der Waals surface area (Å²) in [5.74, 6) is -2.37. The van der Waals surface area contributed by atoms with Crippen LogP contribution < -0.4 is 5.32 Å². The van der Waals surface area contributed by atoms with E-state index in [1.807, 2.05) is 6.07 Å². The lowest BCUT2D eigenvalue weighted by Gasteiger charge is -2.32. The Hall–Kier alpha value is -1.93. The number of rotatable bonds is 7. The van der Waals surface area contributed by atoms with E-state index in [1.54, 1.807) is 38.1 Å². The fourth-order valence-corrected chi connectivity index (χ4v) is 4.68. The highest BCUT2D eigenvalue weighted by Crippen LogP contribution is 2.22. The number of carboxylic acids is 1. The van der Waals surface area contributed by atoms with E-state index >= 15 is 0 Å². The summed E-state index contributed by atoms with van der Waals surface area (Å²) < 4.78 is 26.7. The van der Waals surface area contributed by atoms with Crippen molar-refractivity contribution in [2.24, 2.45) is 11.8 Å². The molecule has 0 spiro atoms. The molecule has 7 nitrogen and oxygen atoms in total. The number of hydrogen-bond acceptors (Lipinski definition) is 4. The summed E-state index contributed by atoms with van der Waals surface area (Å²) in [5, 5.41) is 11.8. The average Bonchev–Trinajstić information content (AvgIpc) is 2.59. The normalized spacial score (nSPS) is 19.9. The second kappa shape index (κ2) is 8.64. The van der Waals surface area contributed by atoms with Gasteiger partial charge in [-0.15, -0.1) is 0 Å². The van der Waals surface area contributed by atoms with Crippen LogP contribution in [0, 0.1) is 11.8 Å². The van der Waals surface area contributed by atoms with Gasteiger partial charge in [0.1, 0.15) is 6.04 Å². The Balaban J connectivity index is 2.03. The minimum Gasteiger partial charge on any atom is -0.480 e. The summed E-state index contributed by atoms with van der Waals surface area (Å²) in [6, 6.07) is 7.94. The van der Waals surface area contributed by atoms with E-state index in [0.717, 1.165) is 0 Å². The van der Waals surface area contributed by atoms with Gasteiger partial charge < -0.3 is 10.4 Å². The fourth-order valence-electron chi connectivity index (χ4n) is 3.07. The number of sulfonamides is 1. The van der Waals surface area contributed by atoms with Gasteiger partial charge in [-0.25, -0.2) is 17.5 Å². The Morgan fingerprint density at radius 1 is 1.27 bits per heavy atom. The van der Waals surface area contributed by atoms with Gasteiger partial charge in [0.25, 0.3) is 0 Å². The number of aliphatic carboxylic acids is 1. The SMILES string of the molecule is CC(C)[C@H](NC(=O)C1CCCN(S(=O)(=O)Cc2ccccc2)C1)C(=O)O. The molecule has 26 heavy (non-hydrogen) atoms. The lowest BCUT2D eigenvalue weighted by molar-refractivity contribution is -0.144. The molecule has 0 aliphatic carbocycles. The fraction of sp³-hybridized carbons (Fsp3) is 0.556. The van der Waals surface area contributed by atoms with Crippen LogP contribution in [0.25, 0.3) is 0 Å². The van der Waals surface area contributed by atoms with Crippen molar-refractivity contribution in [2.75, 3.05) is 13.1 Å². The Bertz CT molecular complexity index is 733. The van der Waals surface area contributed by atoms with Crippen molar-refractivity contribution in [3.63, 3.8) is 0 Å². The predicted molar refractivity (Wildman–Crippen MR) is 97.8 cm³/mol. The van der Waals surface area contributed by atoms with E-state index in [4.69, 9.17) is 0 Å². The van der Waals surface area contributed by atoms with Crippen molar-refractivity contribution in [3.8, 4) is 0 Å². The van der Waals surface area contributed by atoms with Crippen LogP contribution in [0.1, 0.15) is 32.3 Å². The first kappa shape index (κ1) is 20.4. The molecular weight excluding hydrogens is 356 g/mol. The van der Waals surface area contributed by atoms with E-state index in [-0.39, 0.29) is 18.2 Å². The number of carbonyl (C=O) groups is 2. The van der Waals surface area contributed by atoms with Crippen LogP contribution in [-0.2, 0) is 25.4 Å². The van der Waals surface area contributed by atoms with E-state index < -0.39 is 33.9 Å². The van der Waals surface area contributed by atoms with Crippen LogP contribution in [0.15, 0.2) is 30.3 Å². The first-order valence-electron chi connectivity index (χ1n) is 8.75. The standard InChI is InChI=1S/C18H26N2O5S/c1-13(2)16(18(22)23)19-17(21)15-9-6-10-20(11-15)26(24,25)12-14-7-4-3-5-8-14/h3-5,7-8,13,15-16H,6,9-12H2,1-2H3,(H,19,21)(H,22,23)/t15?,16-/m0/s1. The number of piperidine rings is 1. The number of nitrogens with zero attached hydrogens (tertiary/aromatic N) is 1. The van der Waals surface area contributed by atoms with Gasteiger partial charge in [-0.1, -0.05) is 44.2 Å². The summed E-state index contributed by atoms with van der Waals surface area (Å²) in [5.41, 5.74) is 0.699. The minimum atomic E-state index is -3.53. The first-order valence-corrected chi connectivity index (χ1v) is 10.4. The first-order chi connectivity index (χ1) is 12.2. The Labute approximate surface area is 154 Å². The molecular formula is C18H26N2O5S. The van der Waals surface area contributed by atoms with E-state index in [1.165, 1.54) is 4.31 Å². The molecule has 2 N–H and O–H groups in total. The van der Waals surface area contributed by atoms with Crippen LogP contribution in [0.4, 0.5) is 0 Å². The Morgan fingerprint density at radius 2 is 1.92 bits per heavy atom. The van der Waals surface area contributed by atoms with Crippen molar-refractivity contribution < 1.29 is 23.1 Å². The summed E-state index contributed by atoms with van der Waals surface area (Å²) in [7, 11) is -3.53. The van der Waals surface area contributed by atoms with E-state index in [0.29, 0.717) is 24.9 Å². The number of amides is 1. The average molecular weight is 382 g/mol. The highest BCUT2D eigenvalue weighted by Gasteiger charge is 2.34. The van der Waals surface area contributed by atoms with Crippen LogP contribution in [0.5, 0.6) is 0 Å². The number of carboxylic acid groups (broad SMARTS) is 1. The molecule has 2 atom stereocenters. The third-order valence-electron chi connectivity index (χ3n) is 4.57. The predicted octanol–water partition coefficient (Wildman–Crippen LogP) is 1.45. The molecule has 0 aromatic heterocycles. The molecule has 1 amide bonds. The number of hydrogen-bond donors (Lipinski definition) is 2. The van der Waals surface area contributed by atoms with Gasteiger partial charge in [0.05, 0.1) is 11.7 Å². The molecule has 1 saturated heterocycles. The van der Waals surface area contributed by atoms with Crippen molar-refractivity contribution in [2.45, 2.75) is 38.5 Å². The van der Waals surface area contributed by atoms with Crippen LogP contribution in [-0.4, -0.2) is 48.8 Å². The Kier molecular flexibility index (Phi) is 6.77. The molecule has 2 rings (SSSR count). The third kappa shape index (κ3) is 5.28. The topological polar surface area (TPSA) is 104 Å². The molecule has 8 heteroatoms. The summed E-state index contributed by atoms with van der Waals surface area (Å²) in [6.45, 7) is 3.91. The molecule has 0 bridgehead atoms. The third-order valence-corrected chi connectivity index (χ3v) is 6.39. The van der Waals surface area contributed by atoms with Gasteiger partial charge in [-0.2, -0.15) is 0 Å². The molecule has 1 aliphatic rings. The number of benzene rings is 1. The minimum absolute atomic E-state index is 0.0887. The molecule has 1 heterocycles. The lowest BCUT2D eigenvalue weighted by atomic mass is 9.97. The molecule has 1 fully saturated rings. The van der Waals surface area contributed by atoms with Crippen LogP contribution >= 0.6 is 0 Å². The lowest BCUT2D eigenvalue weighted by Crippen LogP contribution is -2.51. The molecule has 1 unspecified atom stereocenters. The highest BCUT2D eigenvalue weighted by molar-refractivity contribution is 7.88. The molecule has 0 saturated carbocycles. The maximum Gasteiger partial charge on any atom is 0.326 e. The monoisotopic (exact) mass is 382 g/mol. The van der Waals surface area contributed by atoms with Gasteiger partial charge in [0.2, 0.25) is 15.9 Å². The van der Waals surface area contributed by atoms with Gasteiger partial charge in [-0.05, 0) is 24.3 Å². The highest BCUT2D eigenvalue weighted by atomic mass is 32.2. The van der Waals surface area contributed by atoms with E-state index in [9.17, 15) is 23.1 Å². The second-order valence-corrected chi connectivity index (χ2v) is 8.98. The number of carbonyl (C=O) groups excluding carboxylic acids is 1. The van der Waals surface area contributed by atoms with Crippen molar-refractivity contribution in [1.82, 2.24) is 9.62 Å². The molecule has 144 valence electrons. The zero-order valence-electron chi connectivity index (χ0n) is 15.1.